The lowest BCUT2D eigenvalue weighted by atomic mass is 10.0. The molecule has 0 saturated heterocycles. The number of carbonyl (C=O) groups is 1. The van der Waals surface area contributed by atoms with Crippen LogP contribution in [0, 0.1) is 11.6 Å². The van der Waals surface area contributed by atoms with E-state index in [1.807, 2.05) is 6.07 Å². The Labute approximate surface area is 258 Å². The number of carbonyl (C=O) groups excluding carboxylic acids is 1. The number of fused-ring (bicyclic) bond motifs is 1. The summed E-state index contributed by atoms with van der Waals surface area (Å²) < 4.78 is 48.8. The van der Waals surface area contributed by atoms with Crippen molar-refractivity contribution in [1.82, 2.24) is 14.7 Å². The minimum absolute atomic E-state index is 0.0621. The molecule has 1 saturated carbocycles. The predicted molar refractivity (Wildman–Crippen MR) is 171 cm³/mol. The first kappa shape index (κ1) is 31.4. The minimum Gasteiger partial charge on any atom is -0.490 e. The molecular formula is C34H39F2N3O4Si. The van der Waals surface area contributed by atoms with Gasteiger partial charge in [-0.15, -0.1) is 0 Å². The second kappa shape index (κ2) is 13.3. The molecule has 3 aromatic carbocycles. The molecule has 232 valence electrons. The van der Waals surface area contributed by atoms with Crippen LogP contribution in [0.4, 0.5) is 8.78 Å². The highest BCUT2D eigenvalue weighted by Crippen LogP contribution is 2.37. The minimum atomic E-state index is -1.28. The fraction of sp³-hybridized carbons (Fsp3) is 0.353. The van der Waals surface area contributed by atoms with Crippen molar-refractivity contribution in [1.29, 1.82) is 0 Å². The molecule has 1 amide bonds. The molecule has 0 N–H and O–H groups in total. The van der Waals surface area contributed by atoms with Gasteiger partial charge >= 0.3 is 0 Å². The molecule has 1 fully saturated rings. The number of halogens is 2. The van der Waals surface area contributed by atoms with Crippen LogP contribution in [0.25, 0.3) is 22.0 Å². The Morgan fingerprint density at radius 2 is 1.93 bits per heavy atom. The summed E-state index contributed by atoms with van der Waals surface area (Å²) in [5.74, 6) is -0.521. The van der Waals surface area contributed by atoms with Gasteiger partial charge in [0, 0.05) is 45.0 Å². The lowest BCUT2D eigenvalue weighted by Gasteiger charge is -2.21. The summed E-state index contributed by atoms with van der Waals surface area (Å²) in [6.07, 6.45) is 4.97. The number of hydrogen-bond donors (Lipinski definition) is 0. The van der Waals surface area contributed by atoms with Crippen LogP contribution in [-0.4, -0.2) is 55.0 Å². The summed E-state index contributed by atoms with van der Waals surface area (Å²) in [5, 5.41) is 4.70. The number of hydrogen-bond acceptors (Lipinski definition) is 5. The Morgan fingerprint density at radius 1 is 1.14 bits per heavy atom. The number of benzene rings is 3. The van der Waals surface area contributed by atoms with Gasteiger partial charge in [0.2, 0.25) is 0 Å². The van der Waals surface area contributed by atoms with Crippen LogP contribution in [0.15, 0.2) is 67.4 Å². The molecule has 0 bridgehead atoms. The maximum atomic E-state index is 15.5. The van der Waals surface area contributed by atoms with E-state index in [2.05, 4.69) is 31.3 Å². The van der Waals surface area contributed by atoms with Crippen LogP contribution in [0.5, 0.6) is 11.5 Å². The molecular weight excluding hydrogens is 580 g/mol. The molecule has 1 heterocycles. The topological polar surface area (TPSA) is 65.8 Å². The van der Waals surface area contributed by atoms with Gasteiger partial charge in [0.1, 0.15) is 24.9 Å². The summed E-state index contributed by atoms with van der Waals surface area (Å²) in [6, 6.07) is 14.1. The first-order valence-corrected chi connectivity index (χ1v) is 18.5. The third-order valence-electron chi connectivity index (χ3n) is 7.40. The average molecular weight is 620 g/mol. The Kier molecular flexibility index (Phi) is 9.50. The fourth-order valence-corrected chi connectivity index (χ4v) is 5.63. The second-order valence-corrected chi connectivity index (χ2v) is 18.0. The molecule has 7 nitrogen and oxygen atoms in total. The van der Waals surface area contributed by atoms with Crippen LogP contribution in [0.2, 0.25) is 25.7 Å². The number of amides is 1. The molecule has 4 aromatic rings. The van der Waals surface area contributed by atoms with Crippen LogP contribution in [0.3, 0.4) is 0 Å². The Balaban J connectivity index is 1.43. The van der Waals surface area contributed by atoms with Crippen molar-refractivity contribution in [3.05, 3.63) is 90.1 Å². The molecule has 5 rings (SSSR count). The van der Waals surface area contributed by atoms with E-state index in [4.69, 9.17) is 14.2 Å². The normalized spacial score (nSPS) is 13.2. The monoisotopic (exact) mass is 619 g/mol. The summed E-state index contributed by atoms with van der Waals surface area (Å²) in [4.78, 5) is 15.3. The highest BCUT2D eigenvalue weighted by molar-refractivity contribution is 6.76. The largest absolute Gasteiger partial charge is 0.490 e. The van der Waals surface area contributed by atoms with E-state index in [-0.39, 0.29) is 48.8 Å². The zero-order valence-electron chi connectivity index (χ0n) is 25.7. The molecule has 0 unspecified atom stereocenters. The summed E-state index contributed by atoms with van der Waals surface area (Å²) in [7, 11) is 0.405. The zero-order valence-corrected chi connectivity index (χ0v) is 26.7. The fourth-order valence-electron chi connectivity index (χ4n) is 4.87. The first-order valence-electron chi connectivity index (χ1n) is 14.8. The number of aromatic nitrogens is 2. The van der Waals surface area contributed by atoms with Gasteiger partial charge in [0.05, 0.1) is 23.2 Å². The van der Waals surface area contributed by atoms with Crippen molar-refractivity contribution >= 4 is 24.9 Å². The standard InChI is InChI=1S/C34H39F2N3O4Si/c1-6-14-42-31-19-25(33-29(32(31)36)20-37-39(33)22-41-15-16-44(3,4)5)21-38(2)34(40)24-10-13-28(23-8-7-9-26(35)17-23)30(18-24)43-27-11-12-27/h6-10,13,17-20,27H,1,11-12,14-16,21-22H2,2-5H3. The summed E-state index contributed by atoms with van der Waals surface area (Å²) in [5.41, 5.74) is 3.02. The molecule has 0 radical (unpaired) electrons. The third kappa shape index (κ3) is 7.54. The molecule has 1 aliphatic rings. The lowest BCUT2D eigenvalue weighted by Crippen LogP contribution is -2.27. The van der Waals surface area contributed by atoms with E-state index in [1.54, 1.807) is 53.0 Å². The van der Waals surface area contributed by atoms with Crippen LogP contribution >= 0.6 is 0 Å². The van der Waals surface area contributed by atoms with Gasteiger partial charge in [-0.05, 0) is 60.8 Å². The van der Waals surface area contributed by atoms with Crippen LogP contribution in [0.1, 0.15) is 28.8 Å². The Hall–Kier alpha value is -4.02. The predicted octanol–water partition coefficient (Wildman–Crippen LogP) is 7.67. The Morgan fingerprint density at radius 3 is 2.64 bits per heavy atom. The second-order valence-electron chi connectivity index (χ2n) is 12.4. The first-order chi connectivity index (χ1) is 21.0. The molecule has 44 heavy (non-hydrogen) atoms. The molecule has 10 heteroatoms. The smallest absolute Gasteiger partial charge is 0.254 e. The van der Waals surface area contributed by atoms with Gasteiger partial charge in [0.25, 0.3) is 5.91 Å². The van der Waals surface area contributed by atoms with Gasteiger partial charge in [-0.3, -0.25) is 4.79 Å². The molecule has 0 atom stereocenters. The van der Waals surface area contributed by atoms with Crippen molar-refractivity contribution in [2.75, 3.05) is 20.3 Å². The van der Waals surface area contributed by atoms with Gasteiger partial charge in [-0.25, -0.2) is 13.5 Å². The summed E-state index contributed by atoms with van der Waals surface area (Å²) >= 11 is 0. The van der Waals surface area contributed by atoms with Gasteiger partial charge in [0.15, 0.2) is 11.6 Å². The number of rotatable bonds is 14. The maximum Gasteiger partial charge on any atom is 0.254 e. The van der Waals surface area contributed by atoms with Crippen molar-refractivity contribution in [3.63, 3.8) is 0 Å². The van der Waals surface area contributed by atoms with Gasteiger partial charge in [-0.2, -0.15) is 5.10 Å². The van der Waals surface area contributed by atoms with E-state index in [0.29, 0.717) is 34.6 Å². The molecule has 0 aliphatic heterocycles. The highest BCUT2D eigenvalue weighted by Gasteiger charge is 2.26. The van der Waals surface area contributed by atoms with Crippen molar-refractivity contribution in [2.45, 2.75) is 57.9 Å². The van der Waals surface area contributed by atoms with Gasteiger partial charge < -0.3 is 19.1 Å². The van der Waals surface area contributed by atoms with Crippen molar-refractivity contribution in [2.24, 2.45) is 0 Å². The van der Waals surface area contributed by atoms with E-state index in [9.17, 15) is 9.18 Å². The Bertz CT molecular complexity index is 1660. The van der Waals surface area contributed by atoms with E-state index in [0.717, 1.165) is 24.4 Å². The molecule has 1 aromatic heterocycles. The molecule has 1 aliphatic carbocycles. The third-order valence-corrected chi connectivity index (χ3v) is 9.11. The van der Waals surface area contributed by atoms with Crippen LogP contribution in [-0.2, 0) is 18.0 Å². The maximum absolute atomic E-state index is 15.5. The highest BCUT2D eigenvalue weighted by atomic mass is 28.3. The van der Waals surface area contributed by atoms with E-state index in [1.165, 1.54) is 18.3 Å². The van der Waals surface area contributed by atoms with Gasteiger partial charge in [-0.1, -0.05) is 44.4 Å². The van der Waals surface area contributed by atoms with E-state index >= 15 is 4.39 Å². The quantitative estimate of drug-likeness (QED) is 0.0823. The van der Waals surface area contributed by atoms with Crippen LogP contribution < -0.4 is 9.47 Å². The summed E-state index contributed by atoms with van der Waals surface area (Å²) in [6.45, 7) is 11.5. The van der Waals surface area contributed by atoms with Crippen molar-refractivity contribution < 1.29 is 27.8 Å². The lowest BCUT2D eigenvalue weighted by molar-refractivity contribution is 0.0781. The van der Waals surface area contributed by atoms with E-state index < -0.39 is 13.9 Å². The van der Waals surface area contributed by atoms with Crippen molar-refractivity contribution in [3.8, 4) is 22.6 Å². The average Bonchev–Trinajstić information content (AvgIpc) is 3.70. The molecule has 0 spiro atoms. The number of nitrogens with zero attached hydrogens (tertiary/aromatic N) is 3. The number of ether oxygens (including phenoxy) is 3. The zero-order chi connectivity index (χ0) is 31.4. The SMILES string of the molecule is C=CCOc1cc(CN(C)C(=O)c2ccc(-c3cccc(F)c3)c(OC3CC3)c2)c2c(cnn2COCC[Si](C)(C)C)c1F.